The molecule has 1 rings (SSSR count). The van der Waals surface area contributed by atoms with Gasteiger partial charge in [0.25, 0.3) is 0 Å². The second-order valence-electron chi connectivity index (χ2n) is 5.04. The molecular weight excluding hydrogens is 242 g/mol. The lowest BCUT2D eigenvalue weighted by Crippen LogP contribution is -2.41. The maximum absolute atomic E-state index is 10.9. The van der Waals surface area contributed by atoms with Crippen LogP contribution in [0.4, 0.5) is 0 Å². The van der Waals surface area contributed by atoms with Crippen molar-refractivity contribution in [3.8, 4) is 0 Å². The predicted molar refractivity (Wildman–Crippen MR) is 75.1 cm³/mol. The van der Waals surface area contributed by atoms with Gasteiger partial charge in [-0.05, 0) is 25.8 Å². The van der Waals surface area contributed by atoms with Gasteiger partial charge in [0.15, 0.2) is 0 Å². The summed E-state index contributed by atoms with van der Waals surface area (Å²) in [5.74, 6) is -0.910. The maximum Gasteiger partial charge on any atom is 0.305 e. The van der Waals surface area contributed by atoms with E-state index in [1.807, 2.05) is 45.0 Å². The molecule has 0 aliphatic carbocycles. The van der Waals surface area contributed by atoms with Gasteiger partial charge in [-0.15, -0.1) is 0 Å². The monoisotopic (exact) mass is 265 g/mol. The van der Waals surface area contributed by atoms with Gasteiger partial charge in [-0.2, -0.15) is 0 Å². The first-order valence-electron chi connectivity index (χ1n) is 6.66. The number of aliphatic hydroxyl groups excluding tert-OH is 1. The lowest BCUT2D eigenvalue weighted by molar-refractivity contribution is -0.138. The number of rotatable bonds is 7. The zero-order valence-electron chi connectivity index (χ0n) is 11.8. The van der Waals surface area contributed by atoms with Crippen molar-refractivity contribution >= 4 is 5.97 Å². The molecule has 0 saturated carbocycles. The summed E-state index contributed by atoms with van der Waals surface area (Å²) >= 11 is 0. The van der Waals surface area contributed by atoms with Gasteiger partial charge in [-0.1, -0.05) is 36.8 Å². The van der Waals surface area contributed by atoms with Gasteiger partial charge in [-0.25, -0.2) is 0 Å². The normalized spacial score (nSPS) is 15.8. The first kappa shape index (κ1) is 15.7. The molecule has 0 radical (unpaired) electrons. The summed E-state index contributed by atoms with van der Waals surface area (Å²) in [5.41, 5.74) is 1.85. The second kappa shape index (κ2) is 7.26. The number of carboxylic acids is 1. The summed E-state index contributed by atoms with van der Waals surface area (Å²) in [6.45, 7) is 5.98. The molecule has 19 heavy (non-hydrogen) atoms. The van der Waals surface area contributed by atoms with Gasteiger partial charge >= 0.3 is 5.97 Å². The van der Waals surface area contributed by atoms with E-state index < -0.39 is 18.1 Å². The van der Waals surface area contributed by atoms with E-state index in [-0.39, 0.29) is 12.5 Å². The summed E-state index contributed by atoms with van der Waals surface area (Å²) in [6, 6.07) is 7.21. The Labute approximate surface area is 114 Å². The molecule has 0 aliphatic heterocycles. The van der Waals surface area contributed by atoms with Crippen LogP contribution in [0, 0.1) is 6.92 Å². The minimum absolute atomic E-state index is 0.0978. The molecule has 1 aromatic rings. The lowest BCUT2D eigenvalue weighted by Gasteiger charge is -2.26. The molecule has 0 fully saturated rings. The topological polar surface area (TPSA) is 69.6 Å². The summed E-state index contributed by atoms with van der Waals surface area (Å²) in [5, 5.41) is 22.5. The predicted octanol–water partition coefficient (Wildman–Crippen LogP) is 2.26. The highest BCUT2D eigenvalue weighted by atomic mass is 16.4. The third kappa shape index (κ3) is 5.01. The van der Waals surface area contributed by atoms with Crippen LogP contribution in [-0.2, 0) is 4.79 Å². The van der Waals surface area contributed by atoms with E-state index >= 15 is 0 Å². The van der Waals surface area contributed by atoms with Crippen LogP contribution in [0.3, 0.4) is 0 Å². The first-order chi connectivity index (χ1) is 8.93. The Balaban J connectivity index is 2.83. The molecule has 0 spiro atoms. The molecule has 1 aromatic carbocycles. The van der Waals surface area contributed by atoms with Crippen LogP contribution >= 0.6 is 0 Å². The number of aliphatic hydroxyl groups is 1. The molecule has 3 atom stereocenters. The van der Waals surface area contributed by atoms with Crippen LogP contribution in [0.25, 0.3) is 0 Å². The molecule has 0 aliphatic rings. The van der Waals surface area contributed by atoms with Crippen LogP contribution in [0.2, 0.25) is 0 Å². The Bertz CT molecular complexity index is 402. The van der Waals surface area contributed by atoms with Crippen molar-refractivity contribution in [3.05, 3.63) is 35.4 Å². The number of aryl methyl sites for hydroxylation is 1. The van der Waals surface area contributed by atoms with E-state index in [0.29, 0.717) is 0 Å². The number of carboxylic acid groups (broad SMARTS) is 1. The zero-order chi connectivity index (χ0) is 14.4. The number of benzene rings is 1. The van der Waals surface area contributed by atoms with Crippen LogP contribution in [-0.4, -0.2) is 28.3 Å². The molecule has 0 heterocycles. The lowest BCUT2D eigenvalue weighted by atomic mass is 9.98. The van der Waals surface area contributed by atoms with Crippen molar-refractivity contribution in [2.24, 2.45) is 0 Å². The van der Waals surface area contributed by atoms with Crippen LogP contribution in [0.5, 0.6) is 0 Å². The number of nitrogens with one attached hydrogen (secondary N) is 1. The molecule has 106 valence electrons. The van der Waals surface area contributed by atoms with E-state index in [9.17, 15) is 9.90 Å². The average Bonchev–Trinajstić information content (AvgIpc) is 2.37. The van der Waals surface area contributed by atoms with E-state index in [1.54, 1.807) is 0 Å². The van der Waals surface area contributed by atoms with Gasteiger partial charge in [0.2, 0.25) is 0 Å². The SMILES string of the molecule is CCC(C)NC(CC(=O)O)C(O)c1ccc(C)cc1. The van der Waals surface area contributed by atoms with Crippen molar-refractivity contribution in [3.63, 3.8) is 0 Å². The highest BCUT2D eigenvalue weighted by molar-refractivity contribution is 5.67. The van der Waals surface area contributed by atoms with Crippen LogP contribution in [0.1, 0.15) is 43.9 Å². The molecule has 0 saturated heterocycles. The molecule has 0 amide bonds. The van der Waals surface area contributed by atoms with Crippen LogP contribution in [0.15, 0.2) is 24.3 Å². The number of hydrogen-bond donors (Lipinski definition) is 3. The summed E-state index contributed by atoms with van der Waals surface area (Å²) in [6.07, 6.45) is -0.0263. The standard InChI is InChI=1S/C15H23NO3/c1-4-11(3)16-13(9-14(17)18)15(19)12-7-5-10(2)6-8-12/h5-8,11,13,15-16,19H,4,9H2,1-3H3,(H,17,18). The molecule has 0 aromatic heterocycles. The minimum atomic E-state index is -0.910. The van der Waals surface area contributed by atoms with Gasteiger partial charge in [0, 0.05) is 12.1 Å². The average molecular weight is 265 g/mol. The third-order valence-electron chi connectivity index (χ3n) is 3.31. The summed E-state index contributed by atoms with van der Waals surface area (Å²) < 4.78 is 0. The highest BCUT2D eigenvalue weighted by Crippen LogP contribution is 2.20. The number of hydrogen-bond acceptors (Lipinski definition) is 3. The first-order valence-corrected chi connectivity index (χ1v) is 6.66. The summed E-state index contributed by atoms with van der Waals surface area (Å²) in [4.78, 5) is 10.9. The minimum Gasteiger partial charge on any atom is -0.481 e. The fourth-order valence-electron chi connectivity index (χ4n) is 1.93. The molecule has 3 unspecified atom stereocenters. The number of aliphatic carboxylic acids is 1. The number of carbonyl (C=O) groups is 1. The van der Waals surface area contributed by atoms with Gasteiger partial charge in [0.1, 0.15) is 0 Å². The summed E-state index contributed by atoms with van der Waals surface area (Å²) in [7, 11) is 0. The maximum atomic E-state index is 10.9. The van der Waals surface area contributed by atoms with Crippen molar-refractivity contribution < 1.29 is 15.0 Å². The zero-order valence-corrected chi connectivity index (χ0v) is 11.8. The molecule has 4 heteroatoms. The van der Waals surface area contributed by atoms with E-state index in [4.69, 9.17) is 5.11 Å². The third-order valence-corrected chi connectivity index (χ3v) is 3.31. The molecule has 3 N–H and O–H groups in total. The van der Waals surface area contributed by atoms with Gasteiger partial charge < -0.3 is 15.5 Å². The highest BCUT2D eigenvalue weighted by Gasteiger charge is 2.24. The van der Waals surface area contributed by atoms with E-state index in [0.717, 1.165) is 17.5 Å². The fourth-order valence-corrected chi connectivity index (χ4v) is 1.93. The van der Waals surface area contributed by atoms with Gasteiger partial charge in [0.05, 0.1) is 12.5 Å². The largest absolute Gasteiger partial charge is 0.481 e. The Morgan fingerprint density at radius 3 is 2.37 bits per heavy atom. The smallest absolute Gasteiger partial charge is 0.305 e. The second-order valence-corrected chi connectivity index (χ2v) is 5.04. The van der Waals surface area contributed by atoms with Crippen molar-refractivity contribution in [2.75, 3.05) is 0 Å². The van der Waals surface area contributed by atoms with Gasteiger partial charge in [-0.3, -0.25) is 4.79 Å². The Hall–Kier alpha value is -1.39. The Morgan fingerprint density at radius 1 is 1.32 bits per heavy atom. The Morgan fingerprint density at radius 2 is 1.89 bits per heavy atom. The fraction of sp³-hybridized carbons (Fsp3) is 0.533. The van der Waals surface area contributed by atoms with E-state index in [2.05, 4.69) is 5.32 Å². The van der Waals surface area contributed by atoms with Crippen molar-refractivity contribution in [1.29, 1.82) is 0 Å². The van der Waals surface area contributed by atoms with E-state index in [1.165, 1.54) is 0 Å². The van der Waals surface area contributed by atoms with Crippen LogP contribution < -0.4 is 5.32 Å². The van der Waals surface area contributed by atoms with Crippen molar-refractivity contribution in [1.82, 2.24) is 5.32 Å². The molecule has 0 bridgehead atoms. The molecule has 4 nitrogen and oxygen atoms in total. The Kier molecular flexibility index (Phi) is 5.99. The quantitative estimate of drug-likeness (QED) is 0.707. The molecular formula is C15H23NO3. The van der Waals surface area contributed by atoms with Crippen molar-refractivity contribution in [2.45, 2.75) is 51.8 Å².